The Balaban J connectivity index is 1.88. The molecule has 6 nitrogen and oxygen atoms in total. The van der Waals surface area contributed by atoms with E-state index in [9.17, 15) is 23.6 Å². The zero-order chi connectivity index (χ0) is 19.1. The number of ether oxygens (including phenoxy) is 1. The van der Waals surface area contributed by atoms with Crippen LogP contribution in [-0.4, -0.2) is 53.3 Å². The molecular weight excluding hydrogens is 345 g/mol. The Bertz CT molecular complexity index is 624. The second kappa shape index (κ2) is 9.54. The summed E-state index contributed by atoms with van der Waals surface area (Å²) in [7, 11) is -1.80. The number of nitrogens with zero attached hydrogens (tertiary/aromatic N) is 1. The zero-order valence-electron chi connectivity index (χ0n) is 14.6. The van der Waals surface area contributed by atoms with Gasteiger partial charge in [-0.25, -0.2) is 13.6 Å². The highest BCUT2D eigenvalue weighted by molar-refractivity contribution is 6.43. The molecule has 0 spiro atoms. The lowest BCUT2D eigenvalue weighted by atomic mass is 9.76. The first-order valence-corrected chi connectivity index (χ1v) is 8.49. The van der Waals surface area contributed by atoms with Gasteiger partial charge in [0.1, 0.15) is 17.7 Å². The van der Waals surface area contributed by atoms with Crippen molar-refractivity contribution >= 4 is 13.2 Å². The molecule has 1 aromatic rings. The third-order valence-corrected chi connectivity index (χ3v) is 4.08. The maximum absolute atomic E-state index is 13.0. The molecule has 1 heterocycles. The van der Waals surface area contributed by atoms with Gasteiger partial charge in [0.15, 0.2) is 0 Å². The molecule has 9 heteroatoms. The van der Waals surface area contributed by atoms with Crippen LogP contribution in [-0.2, 0) is 11.2 Å². The number of allylic oxidation sites excluding steroid dienone is 1. The fourth-order valence-electron chi connectivity index (χ4n) is 2.87. The Morgan fingerprint density at radius 1 is 1.46 bits per heavy atom. The summed E-state index contributed by atoms with van der Waals surface area (Å²) in [6, 6.07) is 5.52. The summed E-state index contributed by atoms with van der Waals surface area (Å²) >= 11 is 0. The van der Waals surface area contributed by atoms with Crippen LogP contribution in [0.1, 0.15) is 25.3 Å². The molecule has 0 aromatic heterocycles. The van der Waals surface area contributed by atoms with Gasteiger partial charge in [-0.15, -0.1) is 0 Å². The maximum Gasteiger partial charge on any atom is 0.475 e. The highest BCUT2D eigenvalue weighted by Crippen LogP contribution is 2.15. The Hall–Kier alpha value is -2.13. The Morgan fingerprint density at radius 3 is 2.77 bits per heavy atom. The van der Waals surface area contributed by atoms with Gasteiger partial charge in [0.2, 0.25) is 0 Å². The van der Waals surface area contributed by atoms with E-state index in [0.717, 1.165) is 6.42 Å². The second-order valence-corrected chi connectivity index (χ2v) is 6.38. The summed E-state index contributed by atoms with van der Waals surface area (Å²) in [6.45, 7) is 2.41. The Labute approximate surface area is 151 Å². The number of alkyl carbamates (subject to hydrolysis) is 1. The van der Waals surface area contributed by atoms with Gasteiger partial charge in [0.25, 0.3) is 0 Å². The number of nitrogens with one attached hydrogen (secondary N) is 1. The SMILES string of the molecule is CC(F)=CN1CCCC(OC(=O)NC(Cc2ccc(F)cc2)B(O)O)C1. The lowest BCUT2D eigenvalue weighted by molar-refractivity contribution is 0.0547. The average Bonchev–Trinajstić information content (AvgIpc) is 2.55. The first-order valence-electron chi connectivity index (χ1n) is 8.49. The number of hydrogen-bond donors (Lipinski definition) is 3. The minimum atomic E-state index is -1.80. The van der Waals surface area contributed by atoms with Gasteiger partial charge in [-0.05, 0) is 43.9 Å². The van der Waals surface area contributed by atoms with Crippen molar-refractivity contribution in [1.82, 2.24) is 10.2 Å². The van der Waals surface area contributed by atoms with Gasteiger partial charge in [-0.3, -0.25) is 0 Å². The molecule has 142 valence electrons. The second-order valence-electron chi connectivity index (χ2n) is 6.38. The molecule has 0 saturated carbocycles. The van der Waals surface area contributed by atoms with Crippen LogP contribution in [0.15, 0.2) is 36.3 Å². The molecule has 1 aliphatic heterocycles. The average molecular weight is 368 g/mol. The molecule has 0 aliphatic carbocycles. The van der Waals surface area contributed by atoms with Gasteiger partial charge in [-0.2, -0.15) is 0 Å². The van der Waals surface area contributed by atoms with Gasteiger partial charge >= 0.3 is 13.2 Å². The van der Waals surface area contributed by atoms with Crippen LogP contribution in [0.25, 0.3) is 0 Å². The first-order chi connectivity index (χ1) is 12.3. The summed E-state index contributed by atoms with van der Waals surface area (Å²) in [5.74, 6) is -1.72. The largest absolute Gasteiger partial charge is 0.475 e. The number of piperidine rings is 1. The zero-order valence-corrected chi connectivity index (χ0v) is 14.6. The lowest BCUT2D eigenvalue weighted by Gasteiger charge is -2.31. The minimum Gasteiger partial charge on any atom is -0.444 e. The van der Waals surface area contributed by atoms with Crippen LogP contribution in [0, 0.1) is 5.82 Å². The smallest absolute Gasteiger partial charge is 0.444 e. The predicted octanol–water partition coefficient (Wildman–Crippen LogP) is 1.77. The summed E-state index contributed by atoms with van der Waals surface area (Å²) in [4.78, 5) is 13.8. The number of likely N-dealkylation sites (tertiary alicyclic amines) is 1. The molecule has 1 amide bonds. The molecule has 1 aromatic carbocycles. The molecule has 0 bridgehead atoms. The molecule has 2 atom stereocenters. The molecule has 1 saturated heterocycles. The van der Waals surface area contributed by atoms with Crippen molar-refractivity contribution in [2.24, 2.45) is 0 Å². The number of amides is 1. The van der Waals surface area contributed by atoms with E-state index in [0.29, 0.717) is 25.1 Å². The van der Waals surface area contributed by atoms with E-state index in [4.69, 9.17) is 4.74 Å². The molecule has 1 aliphatic rings. The standard InChI is InChI=1S/C17H23BF2N2O4/c1-12(19)10-22-8-2-3-15(11-22)26-17(23)21-16(18(24)25)9-13-4-6-14(20)7-5-13/h4-7,10,15-16,24-25H,2-3,8-9,11H2,1H3,(H,21,23). The topological polar surface area (TPSA) is 82.0 Å². The predicted molar refractivity (Wildman–Crippen MR) is 93.2 cm³/mol. The molecular formula is C17H23BF2N2O4. The maximum atomic E-state index is 13.0. The van der Waals surface area contributed by atoms with Crippen molar-refractivity contribution in [2.75, 3.05) is 13.1 Å². The number of carbonyl (C=O) groups excluding carboxylic acids is 1. The van der Waals surface area contributed by atoms with E-state index in [1.54, 1.807) is 4.90 Å². The van der Waals surface area contributed by atoms with E-state index in [-0.39, 0.29) is 12.2 Å². The Morgan fingerprint density at radius 2 is 2.15 bits per heavy atom. The highest BCUT2D eigenvalue weighted by Gasteiger charge is 2.28. The third-order valence-electron chi connectivity index (χ3n) is 4.08. The van der Waals surface area contributed by atoms with E-state index >= 15 is 0 Å². The molecule has 2 rings (SSSR count). The van der Waals surface area contributed by atoms with Crippen molar-refractivity contribution in [1.29, 1.82) is 0 Å². The number of rotatable bonds is 6. The quantitative estimate of drug-likeness (QED) is 0.667. The first kappa shape index (κ1) is 20.2. The number of carbonyl (C=O) groups is 1. The van der Waals surface area contributed by atoms with E-state index < -0.39 is 31.1 Å². The van der Waals surface area contributed by atoms with Gasteiger partial charge in [0.05, 0.1) is 12.5 Å². The fraction of sp³-hybridized carbons (Fsp3) is 0.471. The molecule has 1 fully saturated rings. The molecule has 26 heavy (non-hydrogen) atoms. The number of hydrogen-bond acceptors (Lipinski definition) is 5. The molecule has 2 unspecified atom stereocenters. The normalized spacial score (nSPS) is 19.0. The number of halogens is 2. The van der Waals surface area contributed by atoms with Crippen molar-refractivity contribution in [2.45, 2.75) is 38.2 Å². The van der Waals surface area contributed by atoms with Gasteiger partial charge < -0.3 is 25.0 Å². The summed E-state index contributed by atoms with van der Waals surface area (Å²) in [5.41, 5.74) is 0.636. The fourth-order valence-corrected chi connectivity index (χ4v) is 2.87. The monoisotopic (exact) mass is 368 g/mol. The highest BCUT2D eigenvalue weighted by atomic mass is 19.1. The summed E-state index contributed by atoms with van der Waals surface area (Å²) in [6.07, 6.45) is 1.69. The van der Waals surface area contributed by atoms with Crippen LogP contribution < -0.4 is 5.32 Å². The van der Waals surface area contributed by atoms with Gasteiger partial charge in [-0.1, -0.05) is 12.1 Å². The van der Waals surface area contributed by atoms with Crippen molar-refractivity contribution in [3.63, 3.8) is 0 Å². The van der Waals surface area contributed by atoms with E-state index in [2.05, 4.69) is 5.32 Å². The van der Waals surface area contributed by atoms with Crippen molar-refractivity contribution in [3.05, 3.63) is 47.7 Å². The molecule has 3 N–H and O–H groups in total. The Kier molecular flexibility index (Phi) is 7.41. The van der Waals surface area contributed by atoms with Crippen LogP contribution in [0.5, 0.6) is 0 Å². The van der Waals surface area contributed by atoms with Crippen LogP contribution in [0.2, 0.25) is 0 Å². The number of benzene rings is 1. The third kappa shape index (κ3) is 6.64. The minimum absolute atomic E-state index is 0.105. The van der Waals surface area contributed by atoms with E-state index in [1.807, 2.05) is 0 Å². The van der Waals surface area contributed by atoms with Crippen molar-refractivity contribution < 1.29 is 28.4 Å². The molecule has 0 radical (unpaired) electrons. The van der Waals surface area contributed by atoms with Crippen LogP contribution in [0.3, 0.4) is 0 Å². The van der Waals surface area contributed by atoms with Crippen molar-refractivity contribution in [3.8, 4) is 0 Å². The summed E-state index contributed by atoms with van der Waals surface area (Å²) in [5, 5.41) is 21.4. The summed E-state index contributed by atoms with van der Waals surface area (Å²) < 4.78 is 31.2. The lowest BCUT2D eigenvalue weighted by Crippen LogP contribution is -2.49. The van der Waals surface area contributed by atoms with Crippen LogP contribution in [0.4, 0.5) is 13.6 Å². The van der Waals surface area contributed by atoms with Gasteiger partial charge in [0, 0.05) is 12.7 Å². The van der Waals surface area contributed by atoms with Crippen LogP contribution >= 0.6 is 0 Å². The van der Waals surface area contributed by atoms with E-state index in [1.165, 1.54) is 37.4 Å².